The Morgan fingerprint density at radius 2 is 0.611 bits per heavy atom. The van der Waals surface area contributed by atoms with Crippen LogP contribution < -0.4 is 9.80 Å². The molecule has 0 spiro atoms. The second kappa shape index (κ2) is 17.7. The maximum atomic E-state index is 2.52. The van der Waals surface area contributed by atoms with Gasteiger partial charge < -0.3 is 14.4 Å². The lowest BCUT2D eigenvalue weighted by atomic mass is 9.74. The molecule has 0 fully saturated rings. The van der Waals surface area contributed by atoms with Crippen LogP contribution in [-0.2, 0) is 5.41 Å². The van der Waals surface area contributed by atoms with Gasteiger partial charge in [-0.3, -0.25) is 0 Å². The summed E-state index contributed by atoms with van der Waals surface area (Å²) in [4.78, 5) is 4.85. The van der Waals surface area contributed by atoms with Gasteiger partial charge in [0.25, 0.3) is 0 Å². The van der Waals surface area contributed by atoms with Crippen LogP contribution in [-0.4, -0.2) is 4.57 Å². The van der Waals surface area contributed by atoms with Crippen molar-refractivity contribution in [2.45, 2.75) is 19.3 Å². The molecule has 0 unspecified atom stereocenters. The van der Waals surface area contributed by atoms with E-state index in [1.165, 1.54) is 83.1 Å². The quantitative estimate of drug-likeness (QED) is 0.135. The van der Waals surface area contributed by atoms with Crippen molar-refractivity contribution in [2.75, 3.05) is 9.80 Å². The first-order chi connectivity index (χ1) is 35.5. The van der Waals surface area contributed by atoms with E-state index in [4.69, 9.17) is 0 Å². The molecule has 0 N–H and O–H groups in total. The van der Waals surface area contributed by atoms with Crippen molar-refractivity contribution in [2.24, 2.45) is 0 Å². The van der Waals surface area contributed by atoms with E-state index in [0.29, 0.717) is 0 Å². The lowest BCUT2D eigenvalue weighted by molar-refractivity contribution is 0.630. The summed E-state index contributed by atoms with van der Waals surface area (Å²) >= 11 is 0. The van der Waals surface area contributed by atoms with E-state index in [0.717, 1.165) is 34.1 Å². The average molecular weight is 922 g/mol. The van der Waals surface area contributed by atoms with Gasteiger partial charge in [0.1, 0.15) is 0 Å². The highest BCUT2D eigenvalue weighted by atomic mass is 15.2. The van der Waals surface area contributed by atoms with Crippen LogP contribution in [0.3, 0.4) is 0 Å². The van der Waals surface area contributed by atoms with Crippen molar-refractivity contribution in [3.63, 3.8) is 0 Å². The van der Waals surface area contributed by atoms with Crippen molar-refractivity contribution >= 4 is 55.9 Å². The third-order valence-corrected chi connectivity index (χ3v) is 14.8. The van der Waals surface area contributed by atoms with E-state index in [-0.39, 0.29) is 5.41 Å². The zero-order chi connectivity index (χ0) is 48.2. The van der Waals surface area contributed by atoms with Crippen molar-refractivity contribution in [1.29, 1.82) is 0 Å². The highest BCUT2D eigenvalue weighted by molar-refractivity contribution is 6.14. The van der Waals surface area contributed by atoms with Gasteiger partial charge in [0.15, 0.2) is 0 Å². The predicted octanol–water partition coefficient (Wildman–Crippen LogP) is 19.0. The number of benzene rings is 11. The van der Waals surface area contributed by atoms with Crippen molar-refractivity contribution in [3.05, 3.63) is 284 Å². The molecule has 0 saturated carbocycles. The molecular formula is C69H51N3. The van der Waals surface area contributed by atoms with Crippen LogP contribution in [0.2, 0.25) is 0 Å². The fourth-order valence-corrected chi connectivity index (χ4v) is 11.1. The van der Waals surface area contributed by atoms with Crippen LogP contribution in [0.5, 0.6) is 0 Å². The van der Waals surface area contributed by atoms with Gasteiger partial charge in [0.2, 0.25) is 0 Å². The Morgan fingerprint density at radius 1 is 0.278 bits per heavy atom. The van der Waals surface area contributed by atoms with Crippen LogP contribution in [0.4, 0.5) is 34.1 Å². The summed E-state index contributed by atoms with van der Waals surface area (Å²) < 4.78 is 2.52. The molecule has 3 nitrogen and oxygen atoms in total. The lowest BCUT2D eigenvalue weighted by Crippen LogP contribution is -2.26. The second-order valence-corrected chi connectivity index (χ2v) is 19.4. The normalized spacial score (nSPS) is 12.4. The topological polar surface area (TPSA) is 11.4 Å². The number of hydrogen-bond acceptors (Lipinski definition) is 2. The summed E-state index contributed by atoms with van der Waals surface area (Å²) in [6.45, 7) is 4.79. The fourth-order valence-electron chi connectivity index (χ4n) is 11.1. The molecule has 1 aliphatic rings. The first-order valence-electron chi connectivity index (χ1n) is 24.9. The summed E-state index contributed by atoms with van der Waals surface area (Å²) in [7, 11) is 0. The summed E-state index contributed by atoms with van der Waals surface area (Å²) in [6.07, 6.45) is 0. The molecule has 11 aromatic carbocycles. The summed E-state index contributed by atoms with van der Waals surface area (Å²) in [5.41, 5.74) is 22.1. The highest BCUT2D eigenvalue weighted by Gasteiger charge is 2.36. The number of anilines is 6. The van der Waals surface area contributed by atoms with E-state index in [9.17, 15) is 0 Å². The molecule has 0 saturated heterocycles. The third kappa shape index (κ3) is 7.46. The summed E-state index contributed by atoms with van der Waals surface area (Å²) in [6, 6.07) is 99.6. The van der Waals surface area contributed by atoms with Gasteiger partial charge in [-0.25, -0.2) is 0 Å². The average Bonchev–Trinajstić information content (AvgIpc) is 3.78. The zero-order valence-corrected chi connectivity index (χ0v) is 40.3. The minimum Gasteiger partial charge on any atom is -0.310 e. The Bertz CT molecular complexity index is 3710. The van der Waals surface area contributed by atoms with Crippen molar-refractivity contribution < 1.29 is 0 Å². The van der Waals surface area contributed by atoms with Gasteiger partial charge in [0.05, 0.1) is 16.7 Å². The smallest absolute Gasteiger partial charge is 0.0583 e. The predicted molar refractivity (Wildman–Crippen MR) is 304 cm³/mol. The second-order valence-electron chi connectivity index (χ2n) is 19.4. The van der Waals surface area contributed by atoms with Gasteiger partial charge in [-0.15, -0.1) is 0 Å². The first kappa shape index (κ1) is 42.9. The minimum atomic E-state index is -0.300. The van der Waals surface area contributed by atoms with Gasteiger partial charge >= 0.3 is 0 Å². The van der Waals surface area contributed by atoms with Crippen molar-refractivity contribution in [1.82, 2.24) is 4.57 Å². The van der Waals surface area contributed by atoms with E-state index in [1.807, 2.05) is 0 Å². The maximum Gasteiger partial charge on any atom is 0.0583 e. The van der Waals surface area contributed by atoms with Crippen LogP contribution >= 0.6 is 0 Å². The van der Waals surface area contributed by atoms with Crippen molar-refractivity contribution in [3.8, 4) is 50.2 Å². The van der Waals surface area contributed by atoms with Crippen LogP contribution in [0.25, 0.3) is 72.0 Å². The third-order valence-electron chi connectivity index (χ3n) is 14.8. The molecular weight excluding hydrogens is 871 g/mol. The Morgan fingerprint density at radius 3 is 1.03 bits per heavy atom. The number of nitrogens with zero attached hydrogens (tertiary/aromatic N) is 3. The maximum absolute atomic E-state index is 2.52. The largest absolute Gasteiger partial charge is 0.310 e. The van der Waals surface area contributed by atoms with Crippen LogP contribution in [0.1, 0.15) is 25.0 Å². The standard InChI is InChI=1S/C69H51N3/c1-69(2)64-25-15-16-26-67(64)72-66-44-43-60(70(56-35-27-52(28-36-56)48-17-7-3-8-18-48)57-37-29-53(30-38-57)49-19-9-4-10-20-49)45-62(66)63-46-61(47-65(69)68(63)72)71(58-39-31-54(32-40-58)50-21-11-5-12-22-50)59-41-33-55(34-42-59)51-23-13-6-14-24-51/h3-47H,1-2H3. The lowest BCUT2D eigenvalue weighted by Gasteiger charge is -2.36. The Balaban J connectivity index is 1.03. The van der Waals surface area contributed by atoms with E-state index < -0.39 is 0 Å². The Kier molecular flexibility index (Phi) is 10.5. The van der Waals surface area contributed by atoms with Gasteiger partial charge in [-0.2, -0.15) is 0 Å². The molecule has 0 bridgehead atoms. The highest BCUT2D eigenvalue weighted by Crippen LogP contribution is 2.51. The molecule has 2 heterocycles. The van der Waals surface area contributed by atoms with E-state index in [2.05, 4.69) is 301 Å². The molecule has 72 heavy (non-hydrogen) atoms. The fraction of sp³-hybridized carbons (Fsp3) is 0.0435. The van der Waals surface area contributed by atoms with Gasteiger partial charge in [-0.05, 0) is 141 Å². The number of rotatable bonds is 10. The van der Waals surface area contributed by atoms with Crippen LogP contribution in [0, 0.1) is 0 Å². The number of hydrogen-bond donors (Lipinski definition) is 0. The first-order valence-corrected chi connectivity index (χ1v) is 24.9. The molecule has 0 aliphatic carbocycles. The molecule has 1 aliphatic heterocycles. The SMILES string of the molecule is CC1(C)c2ccccc2-n2c3ccc(N(c4ccc(-c5ccccc5)cc4)c4ccc(-c5ccccc5)cc4)cc3c3cc(N(c4ccc(-c5ccccc5)cc4)c4ccc(-c5ccccc5)cc4)cc1c32. The molecule has 342 valence electrons. The molecule has 0 radical (unpaired) electrons. The molecule has 0 amide bonds. The summed E-state index contributed by atoms with van der Waals surface area (Å²) in [5.74, 6) is 0. The number of para-hydroxylation sites is 1. The monoisotopic (exact) mass is 921 g/mol. The van der Waals surface area contributed by atoms with Gasteiger partial charge in [0, 0.05) is 50.3 Å². The Labute approximate surface area is 421 Å². The van der Waals surface area contributed by atoms with Gasteiger partial charge in [-0.1, -0.05) is 202 Å². The zero-order valence-electron chi connectivity index (χ0n) is 40.3. The molecule has 0 atom stereocenters. The minimum absolute atomic E-state index is 0.300. The van der Waals surface area contributed by atoms with E-state index >= 15 is 0 Å². The summed E-state index contributed by atoms with van der Waals surface area (Å²) in [5, 5.41) is 2.41. The van der Waals surface area contributed by atoms with Crippen LogP contribution in [0.15, 0.2) is 273 Å². The molecule has 1 aromatic heterocycles. The van der Waals surface area contributed by atoms with E-state index in [1.54, 1.807) is 0 Å². The molecule has 13 rings (SSSR count). The number of aromatic nitrogens is 1. The molecule has 3 heteroatoms. The Hall–Kier alpha value is -9.18. The number of fused-ring (bicyclic) bond motifs is 5. The molecule has 12 aromatic rings.